The number of carbonyl (C=O) groups excluding carboxylic acids is 3. The molecule has 0 saturated carbocycles. The van der Waals surface area contributed by atoms with Crippen LogP contribution in [-0.4, -0.2) is 54.6 Å². The lowest BCUT2D eigenvalue weighted by Crippen LogP contribution is -2.45. The van der Waals surface area contributed by atoms with E-state index >= 15 is 0 Å². The maximum atomic E-state index is 13.5. The minimum Gasteiger partial charge on any atom is -0.487 e. The Hall–Kier alpha value is -4.81. The zero-order chi connectivity index (χ0) is 30.8. The molecular weight excluding hydrogens is 581 g/mol. The van der Waals surface area contributed by atoms with Crippen LogP contribution in [-0.2, 0) is 30.5 Å². The van der Waals surface area contributed by atoms with Gasteiger partial charge in [0.25, 0.3) is 0 Å². The number of amides is 2. The van der Waals surface area contributed by atoms with E-state index < -0.39 is 23.8 Å². The van der Waals surface area contributed by atoms with Crippen molar-refractivity contribution in [1.29, 1.82) is 0 Å². The molecule has 0 aliphatic carbocycles. The third-order valence-electron chi connectivity index (χ3n) is 6.17. The maximum absolute atomic E-state index is 13.5. The van der Waals surface area contributed by atoms with Crippen molar-refractivity contribution in [3.63, 3.8) is 0 Å². The van der Waals surface area contributed by atoms with Crippen molar-refractivity contribution in [3.05, 3.63) is 83.4 Å². The van der Waals surface area contributed by atoms with Crippen LogP contribution in [0.4, 0.5) is 21.6 Å². The molecule has 3 N–H and O–H groups in total. The van der Waals surface area contributed by atoms with Gasteiger partial charge in [-0.2, -0.15) is 0 Å². The third kappa shape index (κ3) is 8.84. The number of rotatable bonds is 13. The predicted octanol–water partition coefficient (Wildman–Crippen LogP) is 4.77. The van der Waals surface area contributed by atoms with E-state index in [0.717, 1.165) is 0 Å². The summed E-state index contributed by atoms with van der Waals surface area (Å²) in [5.41, 5.74) is 2.30. The highest BCUT2D eigenvalue weighted by molar-refractivity contribution is 6.32. The Labute approximate surface area is 251 Å². The number of carbonyl (C=O) groups is 3. The summed E-state index contributed by atoms with van der Waals surface area (Å²) in [7, 11) is 2.60. The standard InChI is InChI=1S/C30H29ClFN5O6/c1-41-16-27(38)37-25(9-11-28(39)42-2)30(40)36-20-6-8-24-22(13-20)29(34-17-33-24)35-21-7-10-26(23(31)14-21)43-15-18-4-3-5-19(32)12-18/h3-8,10,12-14,17,25H,9,11,15-16H2,1-2H3,(H,36,40)(H,37,38)(H,33,34,35). The minimum atomic E-state index is -1.01. The third-order valence-corrected chi connectivity index (χ3v) is 6.47. The first-order chi connectivity index (χ1) is 20.7. The molecule has 2 amide bonds. The van der Waals surface area contributed by atoms with Gasteiger partial charge in [-0.15, -0.1) is 0 Å². The van der Waals surface area contributed by atoms with Gasteiger partial charge in [-0.1, -0.05) is 23.7 Å². The summed E-state index contributed by atoms with van der Waals surface area (Å²) in [5, 5.41) is 9.47. The lowest BCUT2D eigenvalue weighted by Gasteiger charge is -2.18. The van der Waals surface area contributed by atoms with Crippen molar-refractivity contribution in [2.75, 3.05) is 31.5 Å². The summed E-state index contributed by atoms with van der Waals surface area (Å²) in [4.78, 5) is 45.5. The number of halogens is 2. The van der Waals surface area contributed by atoms with Crippen LogP contribution in [0.2, 0.25) is 5.02 Å². The highest BCUT2D eigenvalue weighted by Gasteiger charge is 2.22. The Morgan fingerprint density at radius 2 is 1.81 bits per heavy atom. The fourth-order valence-electron chi connectivity index (χ4n) is 4.08. The van der Waals surface area contributed by atoms with Crippen LogP contribution in [0.5, 0.6) is 5.75 Å². The van der Waals surface area contributed by atoms with Crippen molar-refractivity contribution in [2.45, 2.75) is 25.5 Å². The van der Waals surface area contributed by atoms with E-state index in [2.05, 4.69) is 30.7 Å². The largest absolute Gasteiger partial charge is 0.487 e. The first-order valence-electron chi connectivity index (χ1n) is 13.1. The average molecular weight is 610 g/mol. The second-order valence-corrected chi connectivity index (χ2v) is 9.71. The number of hydrogen-bond acceptors (Lipinski definition) is 9. The number of fused-ring (bicyclic) bond motifs is 1. The summed E-state index contributed by atoms with van der Waals surface area (Å²) in [6.45, 7) is -0.0939. The summed E-state index contributed by atoms with van der Waals surface area (Å²) in [6, 6.07) is 15.3. The highest BCUT2D eigenvalue weighted by Crippen LogP contribution is 2.31. The van der Waals surface area contributed by atoms with Gasteiger partial charge in [-0.3, -0.25) is 14.4 Å². The first kappa shape index (κ1) is 31.1. The molecule has 0 aliphatic rings. The number of nitrogens with zero attached hydrogens (tertiary/aromatic N) is 2. The van der Waals surface area contributed by atoms with Crippen LogP contribution < -0.4 is 20.7 Å². The van der Waals surface area contributed by atoms with Gasteiger partial charge in [0.15, 0.2) is 0 Å². The van der Waals surface area contributed by atoms with Gasteiger partial charge >= 0.3 is 5.97 Å². The van der Waals surface area contributed by atoms with Gasteiger partial charge in [0.05, 0.1) is 17.6 Å². The molecule has 43 heavy (non-hydrogen) atoms. The van der Waals surface area contributed by atoms with Crippen LogP contribution in [0.1, 0.15) is 18.4 Å². The molecule has 224 valence electrons. The fraction of sp³-hybridized carbons (Fsp3) is 0.233. The average Bonchev–Trinajstić information content (AvgIpc) is 2.99. The van der Waals surface area contributed by atoms with Crippen LogP contribution >= 0.6 is 11.6 Å². The van der Waals surface area contributed by atoms with E-state index in [4.69, 9.17) is 21.1 Å². The summed E-state index contributed by atoms with van der Waals surface area (Å²) in [5.74, 6) is -1.02. The molecular formula is C30H29ClFN5O6. The van der Waals surface area contributed by atoms with E-state index in [1.807, 2.05) is 0 Å². The van der Waals surface area contributed by atoms with Crippen molar-refractivity contribution in [1.82, 2.24) is 15.3 Å². The molecule has 1 atom stereocenters. The van der Waals surface area contributed by atoms with Crippen LogP contribution in [0.15, 0.2) is 67.0 Å². The van der Waals surface area contributed by atoms with Gasteiger partial charge < -0.3 is 30.2 Å². The van der Waals surface area contributed by atoms with E-state index in [0.29, 0.717) is 44.4 Å². The normalized spacial score (nSPS) is 11.4. The monoisotopic (exact) mass is 609 g/mol. The van der Waals surface area contributed by atoms with Crippen LogP contribution in [0, 0.1) is 5.82 Å². The molecule has 0 radical (unpaired) electrons. The number of benzene rings is 3. The Balaban J connectivity index is 1.48. The minimum absolute atomic E-state index is 0.0279. The molecule has 0 fully saturated rings. The first-order valence-corrected chi connectivity index (χ1v) is 13.5. The zero-order valence-corrected chi connectivity index (χ0v) is 24.1. The van der Waals surface area contributed by atoms with Crippen LogP contribution in [0.25, 0.3) is 10.9 Å². The molecule has 4 rings (SSSR count). The zero-order valence-electron chi connectivity index (χ0n) is 23.4. The summed E-state index contributed by atoms with van der Waals surface area (Å²) < 4.78 is 28.7. The fourth-order valence-corrected chi connectivity index (χ4v) is 4.32. The highest BCUT2D eigenvalue weighted by atomic mass is 35.5. The molecule has 0 saturated heterocycles. The second kappa shape index (κ2) is 14.9. The van der Waals surface area contributed by atoms with Crippen molar-refractivity contribution < 1.29 is 33.0 Å². The van der Waals surface area contributed by atoms with E-state index in [9.17, 15) is 18.8 Å². The molecule has 1 aromatic heterocycles. The molecule has 11 nitrogen and oxygen atoms in total. The number of aromatic nitrogens is 2. The molecule has 3 aromatic carbocycles. The Bertz CT molecular complexity index is 1620. The number of nitrogens with one attached hydrogen (secondary N) is 3. The quantitative estimate of drug-likeness (QED) is 0.183. The molecule has 1 unspecified atom stereocenters. The van der Waals surface area contributed by atoms with Gasteiger partial charge in [-0.05, 0) is 60.5 Å². The lowest BCUT2D eigenvalue weighted by atomic mass is 10.1. The molecule has 0 aliphatic heterocycles. The number of hydrogen-bond donors (Lipinski definition) is 3. The number of methoxy groups -OCH3 is 2. The molecule has 1 heterocycles. The van der Waals surface area contributed by atoms with Crippen molar-refractivity contribution >= 4 is 57.5 Å². The van der Waals surface area contributed by atoms with Gasteiger partial charge in [-0.25, -0.2) is 14.4 Å². The van der Waals surface area contributed by atoms with Crippen molar-refractivity contribution in [3.8, 4) is 5.75 Å². The van der Waals surface area contributed by atoms with Gasteiger partial charge in [0.2, 0.25) is 11.8 Å². The van der Waals surface area contributed by atoms with Crippen molar-refractivity contribution in [2.24, 2.45) is 0 Å². The Morgan fingerprint density at radius 3 is 2.56 bits per heavy atom. The maximum Gasteiger partial charge on any atom is 0.305 e. The number of esters is 1. The topological polar surface area (TPSA) is 141 Å². The van der Waals surface area contributed by atoms with E-state index in [-0.39, 0.29) is 31.9 Å². The summed E-state index contributed by atoms with van der Waals surface area (Å²) in [6.07, 6.45) is 1.36. The van der Waals surface area contributed by atoms with Gasteiger partial charge in [0.1, 0.15) is 43.0 Å². The lowest BCUT2D eigenvalue weighted by molar-refractivity contribution is -0.141. The SMILES string of the molecule is COCC(=O)NC(CCC(=O)OC)C(=O)Nc1ccc2ncnc(Nc3ccc(OCc4cccc(F)c4)c(Cl)c3)c2c1. The number of anilines is 3. The Kier molecular flexibility index (Phi) is 10.8. The van der Waals surface area contributed by atoms with E-state index in [1.54, 1.807) is 48.5 Å². The number of ether oxygens (including phenoxy) is 3. The molecule has 4 aromatic rings. The molecule has 13 heteroatoms. The molecule has 0 bridgehead atoms. The Morgan fingerprint density at radius 1 is 1.00 bits per heavy atom. The smallest absolute Gasteiger partial charge is 0.305 e. The summed E-state index contributed by atoms with van der Waals surface area (Å²) >= 11 is 6.45. The molecule has 0 spiro atoms. The predicted molar refractivity (Wildman–Crippen MR) is 159 cm³/mol. The second-order valence-electron chi connectivity index (χ2n) is 9.30. The van der Waals surface area contributed by atoms with E-state index in [1.165, 1.54) is 32.7 Å². The van der Waals surface area contributed by atoms with Gasteiger partial charge in [0, 0.05) is 30.3 Å². The van der Waals surface area contributed by atoms with Crippen LogP contribution in [0.3, 0.4) is 0 Å².